The fourth-order valence-electron chi connectivity index (χ4n) is 9.18. The van der Waals surface area contributed by atoms with Crippen molar-refractivity contribution in [2.75, 3.05) is 4.90 Å². The van der Waals surface area contributed by atoms with E-state index in [2.05, 4.69) is 207 Å². The van der Waals surface area contributed by atoms with Gasteiger partial charge < -0.3 is 4.90 Å². The third kappa shape index (κ3) is 5.06. The van der Waals surface area contributed by atoms with E-state index in [9.17, 15) is 0 Å². The van der Waals surface area contributed by atoms with Crippen LogP contribution in [0.25, 0.3) is 75.1 Å². The molecule has 0 amide bonds. The summed E-state index contributed by atoms with van der Waals surface area (Å²) in [5.41, 5.74) is 13.8. The van der Waals surface area contributed by atoms with Crippen molar-refractivity contribution in [1.29, 1.82) is 0 Å². The van der Waals surface area contributed by atoms with Gasteiger partial charge in [-0.3, -0.25) is 0 Å². The SMILES string of the molecule is CC1(C)c2ccccc2-c2c(-c3ccc4cc(N(c5cccc(-c6ccccc6)c5)c5ccc6c(c5)sc5ccccc56)ccc4c3)cc3ccccc3c21. The number of anilines is 3. The summed E-state index contributed by atoms with van der Waals surface area (Å²) in [5, 5.41) is 7.70. The first-order valence-corrected chi connectivity index (χ1v) is 19.9. The molecule has 1 nitrogen and oxygen atoms in total. The minimum absolute atomic E-state index is 0.0899. The molecule has 0 spiro atoms. The van der Waals surface area contributed by atoms with Gasteiger partial charge in [-0.1, -0.05) is 147 Å². The van der Waals surface area contributed by atoms with Crippen LogP contribution in [0, 0.1) is 0 Å². The number of thiophene rings is 1. The maximum absolute atomic E-state index is 2.42. The molecule has 0 radical (unpaired) electrons. The lowest BCUT2D eigenvalue weighted by Crippen LogP contribution is -2.15. The summed E-state index contributed by atoms with van der Waals surface area (Å²) in [4.78, 5) is 2.42. The molecule has 0 fully saturated rings. The number of hydrogen-bond acceptors (Lipinski definition) is 2. The molecule has 1 aliphatic rings. The Balaban J connectivity index is 1.07. The Morgan fingerprint density at radius 1 is 0.400 bits per heavy atom. The quantitative estimate of drug-likeness (QED) is 0.171. The Morgan fingerprint density at radius 3 is 1.98 bits per heavy atom. The molecule has 10 aromatic rings. The maximum atomic E-state index is 2.42. The van der Waals surface area contributed by atoms with E-state index in [1.807, 2.05) is 11.3 Å². The van der Waals surface area contributed by atoms with Gasteiger partial charge in [-0.2, -0.15) is 0 Å². The zero-order chi connectivity index (χ0) is 36.7. The first kappa shape index (κ1) is 32.0. The Hall–Kier alpha value is -6.48. The van der Waals surface area contributed by atoms with Crippen molar-refractivity contribution in [3.63, 3.8) is 0 Å². The molecule has 2 heteroatoms. The van der Waals surface area contributed by atoms with Crippen LogP contribution < -0.4 is 4.90 Å². The summed E-state index contributed by atoms with van der Waals surface area (Å²) in [6.07, 6.45) is 0. The normalized spacial score (nSPS) is 13.1. The van der Waals surface area contributed by atoms with Gasteiger partial charge in [-0.15, -0.1) is 11.3 Å². The summed E-state index contributed by atoms with van der Waals surface area (Å²) in [6, 6.07) is 69.6. The minimum atomic E-state index is -0.0899. The second-order valence-corrected chi connectivity index (χ2v) is 16.4. The molecule has 0 N–H and O–H groups in total. The van der Waals surface area contributed by atoms with Gasteiger partial charge in [0.1, 0.15) is 0 Å². The summed E-state index contributed by atoms with van der Waals surface area (Å²) >= 11 is 1.86. The molecule has 260 valence electrons. The zero-order valence-electron chi connectivity index (χ0n) is 30.8. The van der Waals surface area contributed by atoms with E-state index >= 15 is 0 Å². The van der Waals surface area contributed by atoms with Crippen molar-refractivity contribution < 1.29 is 0 Å². The molecule has 0 saturated carbocycles. The highest BCUT2D eigenvalue weighted by Crippen LogP contribution is 2.55. The molecular weight excluding hydrogens is 683 g/mol. The summed E-state index contributed by atoms with van der Waals surface area (Å²) in [6.45, 7) is 4.77. The summed E-state index contributed by atoms with van der Waals surface area (Å²) in [5.74, 6) is 0. The second-order valence-electron chi connectivity index (χ2n) is 15.3. The van der Waals surface area contributed by atoms with Crippen LogP contribution in [-0.4, -0.2) is 0 Å². The van der Waals surface area contributed by atoms with Crippen molar-refractivity contribution in [3.05, 3.63) is 199 Å². The lowest BCUT2D eigenvalue weighted by atomic mass is 9.79. The number of fused-ring (bicyclic) bond motifs is 9. The monoisotopic (exact) mass is 719 g/mol. The highest BCUT2D eigenvalue weighted by Gasteiger charge is 2.38. The van der Waals surface area contributed by atoms with E-state index < -0.39 is 0 Å². The molecule has 0 aliphatic heterocycles. The average Bonchev–Trinajstić information content (AvgIpc) is 3.72. The summed E-state index contributed by atoms with van der Waals surface area (Å²) in [7, 11) is 0. The van der Waals surface area contributed by atoms with E-state index in [0.29, 0.717) is 0 Å². The van der Waals surface area contributed by atoms with Crippen LogP contribution in [-0.2, 0) is 5.41 Å². The van der Waals surface area contributed by atoms with Gasteiger partial charge in [0.15, 0.2) is 0 Å². The molecular formula is C53H37NS. The van der Waals surface area contributed by atoms with Crippen LogP contribution in [0.3, 0.4) is 0 Å². The van der Waals surface area contributed by atoms with Gasteiger partial charge in [0.2, 0.25) is 0 Å². The molecule has 9 aromatic carbocycles. The third-order valence-electron chi connectivity index (χ3n) is 11.8. The highest BCUT2D eigenvalue weighted by atomic mass is 32.1. The van der Waals surface area contributed by atoms with Crippen molar-refractivity contribution in [2.24, 2.45) is 0 Å². The first-order valence-electron chi connectivity index (χ1n) is 19.1. The molecule has 1 heterocycles. The van der Waals surface area contributed by atoms with Crippen LogP contribution in [0.2, 0.25) is 0 Å². The van der Waals surface area contributed by atoms with Crippen molar-refractivity contribution in [2.45, 2.75) is 19.3 Å². The third-order valence-corrected chi connectivity index (χ3v) is 12.9. The topological polar surface area (TPSA) is 3.24 Å². The standard InChI is InChI=1S/C53H37NS/c1-53(2)48-21-10-8-20-46(48)51-47(32-38-15-6-7-18-43(38)52(51)53)39-24-23-37-31-41(26-25-36(37)29-39)54(40-17-12-16-35(30-40)34-13-4-3-5-14-34)42-27-28-45-44-19-9-11-22-49(44)55-50(45)33-42/h3-33H,1-2H3. The second kappa shape index (κ2) is 12.3. The van der Waals surface area contributed by atoms with E-state index in [4.69, 9.17) is 0 Å². The van der Waals surface area contributed by atoms with Crippen molar-refractivity contribution >= 4 is 70.1 Å². The molecule has 0 bridgehead atoms. The number of benzene rings is 9. The van der Waals surface area contributed by atoms with Gasteiger partial charge in [0.05, 0.1) is 0 Å². The van der Waals surface area contributed by atoms with Crippen LogP contribution >= 0.6 is 11.3 Å². The van der Waals surface area contributed by atoms with E-state index in [0.717, 1.165) is 17.1 Å². The molecule has 0 unspecified atom stereocenters. The van der Waals surface area contributed by atoms with Gasteiger partial charge in [-0.25, -0.2) is 0 Å². The first-order chi connectivity index (χ1) is 27.0. The van der Waals surface area contributed by atoms with Gasteiger partial charge in [0.25, 0.3) is 0 Å². The molecule has 1 aromatic heterocycles. The van der Waals surface area contributed by atoms with Gasteiger partial charge >= 0.3 is 0 Å². The fraction of sp³-hybridized carbons (Fsp3) is 0.0566. The highest BCUT2D eigenvalue weighted by molar-refractivity contribution is 7.25. The number of rotatable bonds is 5. The zero-order valence-corrected chi connectivity index (χ0v) is 31.6. The number of hydrogen-bond donors (Lipinski definition) is 0. The number of nitrogens with zero attached hydrogens (tertiary/aromatic N) is 1. The van der Waals surface area contributed by atoms with Gasteiger partial charge in [0, 0.05) is 42.6 Å². The lowest BCUT2D eigenvalue weighted by Gasteiger charge is -2.26. The van der Waals surface area contributed by atoms with Crippen LogP contribution in [0.4, 0.5) is 17.1 Å². The molecule has 11 rings (SSSR count). The van der Waals surface area contributed by atoms with Gasteiger partial charge in [-0.05, 0) is 121 Å². The fourth-order valence-corrected chi connectivity index (χ4v) is 10.3. The van der Waals surface area contributed by atoms with Crippen LogP contribution in [0.15, 0.2) is 188 Å². The predicted octanol–water partition coefficient (Wildman–Crippen LogP) is 15.5. The van der Waals surface area contributed by atoms with E-state index in [1.165, 1.54) is 86.2 Å². The largest absolute Gasteiger partial charge is 0.310 e. The Kier molecular flexibility index (Phi) is 7.14. The predicted molar refractivity (Wildman–Crippen MR) is 237 cm³/mol. The van der Waals surface area contributed by atoms with Crippen LogP contribution in [0.5, 0.6) is 0 Å². The Morgan fingerprint density at radius 2 is 1.07 bits per heavy atom. The average molecular weight is 720 g/mol. The van der Waals surface area contributed by atoms with E-state index in [1.54, 1.807) is 0 Å². The smallest absolute Gasteiger partial charge is 0.0476 e. The van der Waals surface area contributed by atoms with Crippen LogP contribution in [0.1, 0.15) is 25.0 Å². The van der Waals surface area contributed by atoms with E-state index in [-0.39, 0.29) is 5.41 Å². The molecule has 55 heavy (non-hydrogen) atoms. The maximum Gasteiger partial charge on any atom is 0.0476 e. The van der Waals surface area contributed by atoms with Crippen molar-refractivity contribution in [3.8, 4) is 33.4 Å². The minimum Gasteiger partial charge on any atom is -0.310 e. The Labute approximate surface area is 325 Å². The molecule has 1 aliphatic carbocycles. The lowest BCUT2D eigenvalue weighted by molar-refractivity contribution is 0.666. The molecule has 0 atom stereocenters. The molecule has 0 saturated heterocycles. The summed E-state index contributed by atoms with van der Waals surface area (Å²) < 4.78 is 2.61. The van der Waals surface area contributed by atoms with Crippen molar-refractivity contribution in [1.82, 2.24) is 0 Å². The Bertz CT molecular complexity index is 3130.